The summed E-state index contributed by atoms with van der Waals surface area (Å²) in [4.78, 5) is 36.3. The van der Waals surface area contributed by atoms with E-state index in [1.54, 1.807) is 30.3 Å². The van der Waals surface area contributed by atoms with Crippen molar-refractivity contribution in [1.82, 2.24) is 0 Å². The molecular formula is C23H21N3O6. The van der Waals surface area contributed by atoms with Gasteiger partial charge in [-0.05, 0) is 60.7 Å². The summed E-state index contributed by atoms with van der Waals surface area (Å²) in [5, 5.41) is 14.5. The van der Waals surface area contributed by atoms with Crippen LogP contribution in [-0.4, -0.2) is 37.1 Å². The third-order valence-electron chi connectivity index (χ3n) is 4.58. The van der Waals surface area contributed by atoms with Crippen molar-refractivity contribution in [3.63, 3.8) is 0 Å². The Morgan fingerprint density at radius 1 is 0.719 bits per heavy atom. The van der Waals surface area contributed by atoms with Gasteiger partial charge in [0.05, 0.1) is 31.2 Å². The second-order valence-electron chi connectivity index (χ2n) is 6.67. The number of aromatic carboxylic acids is 1. The Hall–Kier alpha value is -4.53. The first-order valence-electron chi connectivity index (χ1n) is 9.40. The third-order valence-corrected chi connectivity index (χ3v) is 4.58. The molecular weight excluding hydrogens is 414 g/mol. The predicted octanol–water partition coefficient (Wildman–Crippen LogP) is 3.49. The number of carbonyl (C=O) groups is 3. The van der Waals surface area contributed by atoms with E-state index in [9.17, 15) is 14.4 Å². The van der Waals surface area contributed by atoms with Crippen molar-refractivity contribution in [2.24, 2.45) is 0 Å². The lowest BCUT2D eigenvalue weighted by Gasteiger charge is -2.14. The molecule has 32 heavy (non-hydrogen) atoms. The number of carboxylic acid groups (broad SMARTS) is 1. The number of anilines is 3. The Morgan fingerprint density at radius 2 is 1.16 bits per heavy atom. The van der Waals surface area contributed by atoms with E-state index in [-0.39, 0.29) is 28.5 Å². The number of hydrogen-bond donors (Lipinski definition) is 4. The molecule has 0 fully saturated rings. The molecule has 0 bridgehead atoms. The summed E-state index contributed by atoms with van der Waals surface area (Å²) >= 11 is 0. The summed E-state index contributed by atoms with van der Waals surface area (Å²) in [6.45, 7) is 0. The van der Waals surface area contributed by atoms with E-state index in [1.807, 2.05) is 0 Å². The van der Waals surface area contributed by atoms with Gasteiger partial charge in [-0.2, -0.15) is 0 Å². The van der Waals surface area contributed by atoms with Gasteiger partial charge in [-0.25, -0.2) is 4.79 Å². The van der Waals surface area contributed by atoms with Gasteiger partial charge in [0.15, 0.2) is 0 Å². The van der Waals surface area contributed by atoms with E-state index in [0.717, 1.165) is 0 Å². The normalized spacial score (nSPS) is 10.2. The molecule has 0 unspecified atom stereocenters. The molecule has 0 radical (unpaired) electrons. The van der Waals surface area contributed by atoms with Crippen molar-refractivity contribution in [2.75, 3.05) is 30.6 Å². The van der Waals surface area contributed by atoms with Crippen LogP contribution < -0.4 is 25.8 Å². The minimum Gasteiger partial charge on any atom is -0.495 e. The molecule has 0 saturated heterocycles. The minimum absolute atomic E-state index is 0.0303. The maximum atomic E-state index is 12.7. The monoisotopic (exact) mass is 435 g/mol. The number of hydrogen-bond acceptors (Lipinski definition) is 6. The maximum Gasteiger partial charge on any atom is 0.335 e. The van der Waals surface area contributed by atoms with Gasteiger partial charge in [-0.15, -0.1) is 0 Å². The van der Waals surface area contributed by atoms with Gasteiger partial charge in [0, 0.05) is 16.8 Å². The largest absolute Gasteiger partial charge is 0.495 e. The fraction of sp³-hybridized carbons (Fsp3) is 0.0870. The van der Waals surface area contributed by atoms with Crippen LogP contribution in [0.2, 0.25) is 0 Å². The molecule has 0 aliphatic heterocycles. The van der Waals surface area contributed by atoms with Crippen LogP contribution in [-0.2, 0) is 0 Å². The van der Waals surface area contributed by atoms with Crippen molar-refractivity contribution in [1.29, 1.82) is 0 Å². The molecule has 5 N–H and O–H groups in total. The average Bonchev–Trinajstić information content (AvgIpc) is 2.79. The summed E-state index contributed by atoms with van der Waals surface area (Å²) in [6, 6.07) is 15.1. The quantitative estimate of drug-likeness (QED) is 0.417. The first-order chi connectivity index (χ1) is 15.3. The van der Waals surface area contributed by atoms with E-state index in [0.29, 0.717) is 22.6 Å². The molecule has 9 nitrogen and oxygen atoms in total. The molecule has 9 heteroatoms. The summed E-state index contributed by atoms with van der Waals surface area (Å²) in [6.07, 6.45) is 0. The molecule has 0 aromatic heterocycles. The predicted molar refractivity (Wildman–Crippen MR) is 120 cm³/mol. The van der Waals surface area contributed by atoms with Crippen LogP contribution in [0.3, 0.4) is 0 Å². The first kappa shape index (κ1) is 22.2. The number of carboxylic acids is 1. The molecule has 3 rings (SSSR count). The smallest absolute Gasteiger partial charge is 0.335 e. The summed E-state index contributed by atoms with van der Waals surface area (Å²) in [7, 11) is 2.79. The van der Waals surface area contributed by atoms with Gasteiger partial charge >= 0.3 is 5.97 Å². The molecule has 0 aliphatic rings. The fourth-order valence-corrected chi connectivity index (χ4v) is 2.89. The fourth-order valence-electron chi connectivity index (χ4n) is 2.89. The summed E-state index contributed by atoms with van der Waals surface area (Å²) in [5.41, 5.74) is 7.58. The zero-order chi connectivity index (χ0) is 23.3. The number of nitrogens with one attached hydrogen (secondary N) is 2. The summed E-state index contributed by atoms with van der Waals surface area (Å²) in [5.74, 6) is -1.44. The number of rotatable bonds is 7. The van der Waals surface area contributed by atoms with Crippen LogP contribution in [0, 0.1) is 0 Å². The van der Waals surface area contributed by atoms with Gasteiger partial charge in [-0.1, -0.05) is 0 Å². The minimum atomic E-state index is -1.11. The molecule has 0 heterocycles. The van der Waals surface area contributed by atoms with Gasteiger partial charge in [0.1, 0.15) is 11.5 Å². The van der Waals surface area contributed by atoms with Gasteiger partial charge in [-0.3, -0.25) is 9.59 Å². The first-order valence-corrected chi connectivity index (χ1v) is 9.40. The van der Waals surface area contributed by atoms with Crippen LogP contribution in [0.25, 0.3) is 0 Å². The number of benzene rings is 3. The van der Waals surface area contributed by atoms with Gasteiger partial charge in [0.25, 0.3) is 11.8 Å². The number of nitrogens with two attached hydrogens (primary N) is 1. The molecule has 3 aromatic rings. The zero-order valence-electron chi connectivity index (χ0n) is 17.3. The van der Waals surface area contributed by atoms with Crippen molar-refractivity contribution >= 4 is 34.8 Å². The van der Waals surface area contributed by atoms with Gasteiger partial charge < -0.3 is 30.9 Å². The molecule has 2 amide bonds. The topological polar surface area (TPSA) is 140 Å². The maximum absolute atomic E-state index is 12.7. The van der Waals surface area contributed by atoms with Crippen LogP contribution in [0.1, 0.15) is 31.1 Å². The van der Waals surface area contributed by atoms with Crippen LogP contribution in [0.5, 0.6) is 11.5 Å². The van der Waals surface area contributed by atoms with Crippen molar-refractivity contribution in [3.8, 4) is 11.5 Å². The second kappa shape index (κ2) is 9.52. The number of methoxy groups -OCH3 is 2. The molecule has 3 aromatic carbocycles. The van der Waals surface area contributed by atoms with Crippen molar-refractivity contribution in [2.45, 2.75) is 0 Å². The highest BCUT2D eigenvalue weighted by atomic mass is 16.5. The standard InChI is InChI=1S/C23H21N3O6/c1-31-19-11-14(5-9-17(19)25-21(27)13-3-7-16(24)8-4-13)22(28)26-18-10-6-15(23(29)30)12-20(18)32-2/h3-12H,24H2,1-2H3,(H,25,27)(H,26,28)(H,29,30). The van der Waals surface area contributed by atoms with E-state index in [2.05, 4.69) is 10.6 Å². The van der Waals surface area contributed by atoms with Crippen LogP contribution in [0.15, 0.2) is 60.7 Å². The van der Waals surface area contributed by atoms with Gasteiger partial charge in [0.2, 0.25) is 0 Å². The Kier molecular flexibility index (Phi) is 6.59. The Bertz CT molecular complexity index is 1170. The lowest BCUT2D eigenvalue weighted by atomic mass is 10.1. The highest BCUT2D eigenvalue weighted by molar-refractivity contribution is 6.08. The Labute approximate surface area is 183 Å². The van der Waals surface area contributed by atoms with Crippen LogP contribution in [0.4, 0.5) is 17.1 Å². The lowest BCUT2D eigenvalue weighted by molar-refractivity contribution is 0.0696. The van der Waals surface area contributed by atoms with E-state index in [1.165, 1.54) is 44.6 Å². The average molecular weight is 435 g/mol. The number of carbonyl (C=O) groups excluding carboxylic acids is 2. The summed E-state index contributed by atoms with van der Waals surface area (Å²) < 4.78 is 10.5. The lowest BCUT2D eigenvalue weighted by Crippen LogP contribution is -2.15. The number of amides is 2. The van der Waals surface area contributed by atoms with E-state index < -0.39 is 11.9 Å². The van der Waals surface area contributed by atoms with Crippen LogP contribution >= 0.6 is 0 Å². The molecule has 0 spiro atoms. The van der Waals surface area contributed by atoms with Crippen molar-refractivity contribution < 1.29 is 29.0 Å². The SMILES string of the molecule is COc1cc(C(=O)O)ccc1NC(=O)c1ccc(NC(=O)c2ccc(N)cc2)c(OC)c1. The molecule has 0 aliphatic carbocycles. The Balaban J connectivity index is 1.79. The molecule has 0 saturated carbocycles. The molecule has 164 valence electrons. The van der Waals surface area contributed by atoms with E-state index in [4.69, 9.17) is 20.3 Å². The zero-order valence-corrected chi connectivity index (χ0v) is 17.3. The third kappa shape index (κ3) is 4.96. The highest BCUT2D eigenvalue weighted by Crippen LogP contribution is 2.29. The second-order valence-corrected chi connectivity index (χ2v) is 6.67. The molecule has 0 atom stereocenters. The number of nitrogen functional groups attached to an aromatic ring is 1. The van der Waals surface area contributed by atoms with E-state index >= 15 is 0 Å². The Morgan fingerprint density at radius 3 is 1.66 bits per heavy atom. The highest BCUT2D eigenvalue weighted by Gasteiger charge is 2.16. The van der Waals surface area contributed by atoms with Crippen molar-refractivity contribution in [3.05, 3.63) is 77.4 Å². The number of ether oxygens (including phenoxy) is 2.